The molecule has 2 rings (SSSR count). The van der Waals surface area contributed by atoms with Crippen LogP contribution in [0.5, 0.6) is 0 Å². The quantitative estimate of drug-likeness (QED) is 0.893. The molecule has 0 bridgehead atoms. The molecule has 3 nitrogen and oxygen atoms in total. The third-order valence-electron chi connectivity index (χ3n) is 3.37. The lowest BCUT2D eigenvalue weighted by atomic mass is 10.1. The van der Waals surface area contributed by atoms with E-state index in [1.165, 1.54) is 0 Å². The van der Waals surface area contributed by atoms with Crippen molar-refractivity contribution in [3.05, 3.63) is 35.9 Å². The van der Waals surface area contributed by atoms with E-state index in [1.807, 2.05) is 30.3 Å². The standard InChI is InChI=1S/C14H18FNO2/c15-9-12-7-4-8-13(12)16-14(17)18-10-11-5-2-1-3-6-11/h1-3,5-6,12-13H,4,7-10H2,(H,16,17)/t12-,13+/m0/s1. The molecule has 18 heavy (non-hydrogen) atoms. The maximum absolute atomic E-state index is 12.7. The second-order valence-corrected chi connectivity index (χ2v) is 4.66. The van der Waals surface area contributed by atoms with Crippen molar-refractivity contribution >= 4 is 6.09 Å². The molecular formula is C14H18FNO2. The number of hydrogen-bond acceptors (Lipinski definition) is 2. The number of amides is 1. The predicted octanol–water partition coefficient (Wildman–Crippen LogP) is 3.05. The average molecular weight is 251 g/mol. The molecule has 0 aliphatic heterocycles. The summed E-state index contributed by atoms with van der Waals surface area (Å²) in [6.07, 6.45) is 2.21. The smallest absolute Gasteiger partial charge is 0.407 e. The van der Waals surface area contributed by atoms with E-state index in [-0.39, 0.29) is 25.2 Å². The third-order valence-corrected chi connectivity index (χ3v) is 3.37. The molecule has 1 aliphatic carbocycles. The monoisotopic (exact) mass is 251 g/mol. The van der Waals surface area contributed by atoms with Gasteiger partial charge < -0.3 is 10.1 Å². The SMILES string of the molecule is O=C(N[C@@H]1CCC[C@H]1CF)OCc1ccccc1. The Bertz CT molecular complexity index is 383. The van der Waals surface area contributed by atoms with Crippen molar-refractivity contribution in [2.45, 2.75) is 31.9 Å². The van der Waals surface area contributed by atoms with Crippen LogP contribution in [0.2, 0.25) is 0 Å². The Hall–Kier alpha value is -1.58. The van der Waals surface area contributed by atoms with E-state index in [1.54, 1.807) is 0 Å². The fourth-order valence-electron chi connectivity index (χ4n) is 2.33. The van der Waals surface area contributed by atoms with Crippen molar-refractivity contribution in [1.29, 1.82) is 0 Å². The molecule has 0 aromatic heterocycles. The molecule has 1 aromatic rings. The first kappa shape index (κ1) is 12.9. The molecule has 4 heteroatoms. The van der Waals surface area contributed by atoms with Gasteiger partial charge in [0.1, 0.15) is 6.61 Å². The molecule has 0 spiro atoms. The Kier molecular flexibility index (Phi) is 4.56. The zero-order valence-corrected chi connectivity index (χ0v) is 10.3. The molecule has 1 amide bonds. The molecule has 0 saturated heterocycles. The summed E-state index contributed by atoms with van der Waals surface area (Å²) < 4.78 is 17.8. The van der Waals surface area contributed by atoms with Crippen molar-refractivity contribution in [2.24, 2.45) is 5.92 Å². The lowest BCUT2D eigenvalue weighted by Gasteiger charge is -2.18. The second kappa shape index (κ2) is 6.38. The van der Waals surface area contributed by atoms with Crippen molar-refractivity contribution in [1.82, 2.24) is 5.32 Å². The Balaban J connectivity index is 1.75. The van der Waals surface area contributed by atoms with Gasteiger partial charge in [-0.3, -0.25) is 4.39 Å². The first-order chi connectivity index (χ1) is 8.79. The van der Waals surface area contributed by atoms with Crippen molar-refractivity contribution in [2.75, 3.05) is 6.67 Å². The molecular weight excluding hydrogens is 233 g/mol. The number of alkyl carbamates (subject to hydrolysis) is 1. The van der Waals surface area contributed by atoms with Gasteiger partial charge in [-0.15, -0.1) is 0 Å². The summed E-state index contributed by atoms with van der Waals surface area (Å²) in [6, 6.07) is 9.42. The van der Waals surface area contributed by atoms with Gasteiger partial charge in [-0.25, -0.2) is 4.79 Å². The van der Waals surface area contributed by atoms with Crippen LogP contribution >= 0.6 is 0 Å². The molecule has 0 unspecified atom stereocenters. The zero-order valence-electron chi connectivity index (χ0n) is 10.3. The zero-order chi connectivity index (χ0) is 12.8. The first-order valence-electron chi connectivity index (χ1n) is 6.33. The van der Waals surface area contributed by atoms with Crippen LogP contribution in [0.25, 0.3) is 0 Å². The molecule has 0 radical (unpaired) electrons. The number of rotatable bonds is 4. The number of nitrogens with one attached hydrogen (secondary N) is 1. The second-order valence-electron chi connectivity index (χ2n) is 4.66. The maximum atomic E-state index is 12.7. The summed E-state index contributed by atoms with van der Waals surface area (Å²) in [7, 11) is 0. The van der Waals surface area contributed by atoms with Gasteiger partial charge in [0.25, 0.3) is 0 Å². The fraction of sp³-hybridized carbons (Fsp3) is 0.500. The number of carbonyl (C=O) groups excluding carboxylic acids is 1. The van der Waals surface area contributed by atoms with Crippen LogP contribution in [0, 0.1) is 5.92 Å². The van der Waals surface area contributed by atoms with Crippen LogP contribution < -0.4 is 5.32 Å². The van der Waals surface area contributed by atoms with Crippen LogP contribution in [0.1, 0.15) is 24.8 Å². The molecule has 2 atom stereocenters. The number of hydrogen-bond donors (Lipinski definition) is 1. The summed E-state index contributed by atoms with van der Waals surface area (Å²) in [4.78, 5) is 11.6. The van der Waals surface area contributed by atoms with E-state index in [9.17, 15) is 9.18 Å². The maximum Gasteiger partial charge on any atom is 0.407 e. The number of alkyl halides is 1. The highest BCUT2D eigenvalue weighted by Gasteiger charge is 2.28. The normalized spacial score (nSPS) is 22.7. The molecule has 1 aliphatic rings. The van der Waals surface area contributed by atoms with Gasteiger partial charge in [0.05, 0.1) is 6.67 Å². The van der Waals surface area contributed by atoms with Crippen LogP contribution in [-0.2, 0) is 11.3 Å². The first-order valence-corrected chi connectivity index (χ1v) is 6.33. The highest BCUT2D eigenvalue weighted by Crippen LogP contribution is 2.25. The van der Waals surface area contributed by atoms with Gasteiger partial charge in [0.2, 0.25) is 0 Å². The molecule has 1 N–H and O–H groups in total. The van der Waals surface area contributed by atoms with E-state index < -0.39 is 6.09 Å². The minimum Gasteiger partial charge on any atom is -0.445 e. The van der Waals surface area contributed by atoms with E-state index in [0.29, 0.717) is 0 Å². The third kappa shape index (κ3) is 3.45. The van der Waals surface area contributed by atoms with Crippen molar-refractivity contribution in [3.8, 4) is 0 Å². The van der Waals surface area contributed by atoms with Gasteiger partial charge in [0, 0.05) is 12.0 Å². The van der Waals surface area contributed by atoms with E-state index in [2.05, 4.69) is 5.32 Å². The van der Waals surface area contributed by atoms with Gasteiger partial charge in [0.15, 0.2) is 0 Å². The van der Waals surface area contributed by atoms with E-state index in [0.717, 1.165) is 24.8 Å². The van der Waals surface area contributed by atoms with Crippen molar-refractivity contribution < 1.29 is 13.9 Å². The Morgan fingerprint density at radius 2 is 2.11 bits per heavy atom. The topological polar surface area (TPSA) is 38.3 Å². The fourth-order valence-corrected chi connectivity index (χ4v) is 2.33. The van der Waals surface area contributed by atoms with E-state index >= 15 is 0 Å². The number of ether oxygens (including phenoxy) is 1. The lowest BCUT2D eigenvalue weighted by molar-refractivity contribution is 0.132. The predicted molar refractivity (Wildman–Crippen MR) is 66.9 cm³/mol. The van der Waals surface area contributed by atoms with Crippen LogP contribution in [-0.4, -0.2) is 18.8 Å². The summed E-state index contributed by atoms with van der Waals surface area (Å²) in [5.74, 6) is -0.0470. The molecule has 1 fully saturated rings. The minimum atomic E-state index is -0.454. The molecule has 1 aromatic carbocycles. The van der Waals surface area contributed by atoms with Crippen LogP contribution in [0.4, 0.5) is 9.18 Å². The highest BCUT2D eigenvalue weighted by molar-refractivity contribution is 5.67. The lowest BCUT2D eigenvalue weighted by Crippen LogP contribution is -2.38. The summed E-state index contributed by atoms with van der Waals surface area (Å²) in [5, 5.41) is 2.75. The van der Waals surface area contributed by atoms with Gasteiger partial charge >= 0.3 is 6.09 Å². The number of halogens is 1. The Morgan fingerprint density at radius 1 is 1.33 bits per heavy atom. The van der Waals surface area contributed by atoms with Gasteiger partial charge in [-0.05, 0) is 18.4 Å². The number of benzene rings is 1. The Morgan fingerprint density at radius 3 is 2.83 bits per heavy atom. The van der Waals surface area contributed by atoms with Gasteiger partial charge in [-0.1, -0.05) is 36.8 Å². The highest BCUT2D eigenvalue weighted by atomic mass is 19.1. The Labute approximate surface area is 106 Å². The van der Waals surface area contributed by atoms with Crippen LogP contribution in [0.3, 0.4) is 0 Å². The summed E-state index contributed by atoms with van der Waals surface area (Å²) >= 11 is 0. The average Bonchev–Trinajstić information content (AvgIpc) is 2.85. The summed E-state index contributed by atoms with van der Waals surface area (Å²) in [5.41, 5.74) is 0.945. The molecule has 0 heterocycles. The minimum absolute atomic E-state index is 0.0470. The molecule has 1 saturated carbocycles. The number of carbonyl (C=O) groups is 1. The summed E-state index contributed by atoms with van der Waals surface area (Å²) in [6.45, 7) is -0.122. The van der Waals surface area contributed by atoms with Crippen molar-refractivity contribution in [3.63, 3.8) is 0 Å². The molecule has 98 valence electrons. The largest absolute Gasteiger partial charge is 0.445 e. The van der Waals surface area contributed by atoms with Crippen LogP contribution in [0.15, 0.2) is 30.3 Å². The van der Waals surface area contributed by atoms with E-state index in [4.69, 9.17) is 4.74 Å². The van der Waals surface area contributed by atoms with Gasteiger partial charge in [-0.2, -0.15) is 0 Å².